The zero-order chi connectivity index (χ0) is 19.4. The standard InChI is InChI=1S/C18H21FN4O3S/c1-2-23(15-9-10-27(25,26)12-15)17-8-7-16(21-22-17)20-18(24)11-13-3-5-14(19)6-4-13/h3-8,15H,2,9-12H2,1H3,(H,20,21,24). The lowest BCUT2D eigenvalue weighted by molar-refractivity contribution is -0.115. The Morgan fingerprint density at radius 2 is 1.96 bits per heavy atom. The topological polar surface area (TPSA) is 92.3 Å². The number of hydrogen-bond donors (Lipinski definition) is 1. The normalized spacial score (nSPS) is 18.2. The molecule has 0 spiro atoms. The number of nitrogens with zero attached hydrogens (tertiary/aromatic N) is 3. The van der Waals surface area contributed by atoms with Gasteiger partial charge >= 0.3 is 0 Å². The summed E-state index contributed by atoms with van der Waals surface area (Å²) in [5.41, 5.74) is 0.693. The Morgan fingerprint density at radius 1 is 1.22 bits per heavy atom. The quantitative estimate of drug-likeness (QED) is 0.806. The third-order valence-corrected chi connectivity index (χ3v) is 6.23. The van der Waals surface area contributed by atoms with Gasteiger partial charge in [0.25, 0.3) is 0 Å². The summed E-state index contributed by atoms with van der Waals surface area (Å²) in [6.45, 7) is 2.55. The van der Waals surface area contributed by atoms with Crippen LogP contribution in [-0.4, -0.2) is 48.6 Å². The lowest BCUT2D eigenvalue weighted by Gasteiger charge is -2.27. The lowest BCUT2D eigenvalue weighted by atomic mass is 10.1. The Balaban J connectivity index is 1.62. The first-order valence-corrected chi connectivity index (χ1v) is 10.5. The van der Waals surface area contributed by atoms with Crippen LogP contribution in [0.15, 0.2) is 36.4 Å². The second-order valence-electron chi connectivity index (χ2n) is 6.47. The third kappa shape index (κ3) is 5.00. The predicted octanol–water partition coefficient (Wildman–Crippen LogP) is 1.81. The van der Waals surface area contributed by atoms with E-state index >= 15 is 0 Å². The number of sulfone groups is 1. The molecule has 1 fully saturated rings. The maximum atomic E-state index is 12.9. The first-order chi connectivity index (χ1) is 12.9. The average Bonchev–Trinajstić information content (AvgIpc) is 2.99. The number of benzene rings is 1. The van der Waals surface area contributed by atoms with Crippen LogP contribution in [0.3, 0.4) is 0 Å². The molecule has 7 nitrogen and oxygen atoms in total. The number of nitrogens with one attached hydrogen (secondary N) is 1. The molecule has 1 atom stereocenters. The highest BCUT2D eigenvalue weighted by atomic mass is 32.2. The number of anilines is 2. The van der Waals surface area contributed by atoms with E-state index in [1.807, 2.05) is 11.8 Å². The van der Waals surface area contributed by atoms with Crippen molar-refractivity contribution in [2.45, 2.75) is 25.8 Å². The number of rotatable bonds is 6. The van der Waals surface area contributed by atoms with Crippen LogP contribution in [0.5, 0.6) is 0 Å². The molecular formula is C18H21FN4O3S. The molecule has 1 aliphatic rings. The number of carbonyl (C=O) groups excluding carboxylic acids is 1. The Labute approximate surface area is 157 Å². The maximum Gasteiger partial charge on any atom is 0.229 e. The molecule has 3 rings (SSSR count). The second kappa shape index (κ2) is 7.99. The smallest absolute Gasteiger partial charge is 0.229 e. The van der Waals surface area contributed by atoms with Gasteiger partial charge in [-0.15, -0.1) is 10.2 Å². The van der Waals surface area contributed by atoms with E-state index in [1.54, 1.807) is 24.3 Å². The van der Waals surface area contributed by atoms with Gasteiger partial charge in [-0.25, -0.2) is 12.8 Å². The van der Waals surface area contributed by atoms with Crippen LogP contribution in [0.1, 0.15) is 18.9 Å². The van der Waals surface area contributed by atoms with Gasteiger partial charge in [-0.05, 0) is 43.2 Å². The summed E-state index contributed by atoms with van der Waals surface area (Å²) in [6, 6.07) is 8.97. The molecule has 144 valence electrons. The molecule has 27 heavy (non-hydrogen) atoms. The van der Waals surface area contributed by atoms with Gasteiger partial charge < -0.3 is 10.2 Å². The van der Waals surface area contributed by atoms with Gasteiger partial charge in [0.1, 0.15) is 5.82 Å². The van der Waals surface area contributed by atoms with E-state index in [-0.39, 0.29) is 35.7 Å². The van der Waals surface area contributed by atoms with Gasteiger partial charge in [0, 0.05) is 12.6 Å². The highest BCUT2D eigenvalue weighted by Crippen LogP contribution is 2.22. The number of carbonyl (C=O) groups is 1. The molecule has 0 bridgehead atoms. The Morgan fingerprint density at radius 3 is 2.52 bits per heavy atom. The molecule has 1 aromatic heterocycles. The molecule has 1 aromatic carbocycles. The SMILES string of the molecule is CCN(c1ccc(NC(=O)Cc2ccc(F)cc2)nn1)C1CCS(=O)(=O)C1. The Hall–Kier alpha value is -2.55. The van der Waals surface area contributed by atoms with E-state index in [0.29, 0.717) is 30.2 Å². The molecule has 1 saturated heterocycles. The van der Waals surface area contributed by atoms with E-state index < -0.39 is 9.84 Å². The lowest BCUT2D eigenvalue weighted by Crippen LogP contribution is -2.36. The van der Waals surface area contributed by atoms with Crippen LogP contribution in [0, 0.1) is 5.82 Å². The predicted molar refractivity (Wildman–Crippen MR) is 101 cm³/mol. The summed E-state index contributed by atoms with van der Waals surface area (Å²) in [6.07, 6.45) is 0.679. The van der Waals surface area contributed by atoms with Crippen molar-refractivity contribution in [3.63, 3.8) is 0 Å². The summed E-state index contributed by atoms with van der Waals surface area (Å²) >= 11 is 0. The van der Waals surface area contributed by atoms with E-state index in [4.69, 9.17) is 0 Å². The first kappa shape index (κ1) is 19.2. The molecule has 9 heteroatoms. The van der Waals surface area contributed by atoms with Crippen molar-refractivity contribution in [2.24, 2.45) is 0 Å². The summed E-state index contributed by atoms with van der Waals surface area (Å²) in [7, 11) is -2.99. The second-order valence-corrected chi connectivity index (χ2v) is 8.70. The van der Waals surface area contributed by atoms with Crippen molar-refractivity contribution in [3.05, 3.63) is 47.8 Å². The summed E-state index contributed by atoms with van der Waals surface area (Å²) in [5.74, 6) is 0.573. The highest BCUT2D eigenvalue weighted by Gasteiger charge is 2.32. The molecule has 0 saturated carbocycles. The van der Waals surface area contributed by atoms with E-state index in [1.165, 1.54) is 12.1 Å². The van der Waals surface area contributed by atoms with Crippen molar-refractivity contribution < 1.29 is 17.6 Å². The monoisotopic (exact) mass is 392 g/mol. The van der Waals surface area contributed by atoms with Crippen LogP contribution < -0.4 is 10.2 Å². The Bertz CT molecular complexity index is 901. The highest BCUT2D eigenvalue weighted by molar-refractivity contribution is 7.91. The molecule has 2 aromatic rings. The minimum absolute atomic E-state index is 0.102. The molecule has 1 N–H and O–H groups in total. The van der Waals surface area contributed by atoms with Gasteiger partial charge in [-0.3, -0.25) is 4.79 Å². The van der Waals surface area contributed by atoms with Gasteiger partial charge in [-0.1, -0.05) is 12.1 Å². The molecule has 0 aliphatic carbocycles. The average molecular weight is 392 g/mol. The largest absolute Gasteiger partial charge is 0.351 e. The van der Waals surface area contributed by atoms with Crippen LogP contribution in [0.4, 0.5) is 16.0 Å². The van der Waals surface area contributed by atoms with Crippen LogP contribution >= 0.6 is 0 Å². The third-order valence-electron chi connectivity index (χ3n) is 4.48. The van der Waals surface area contributed by atoms with Gasteiger partial charge in [0.15, 0.2) is 21.5 Å². The van der Waals surface area contributed by atoms with Gasteiger partial charge in [0.05, 0.1) is 17.9 Å². The number of hydrogen-bond acceptors (Lipinski definition) is 6. The van der Waals surface area contributed by atoms with E-state index in [0.717, 1.165) is 0 Å². The van der Waals surface area contributed by atoms with Crippen molar-refractivity contribution in [3.8, 4) is 0 Å². The summed E-state index contributed by atoms with van der Waals surface area (Å²) in [5, 5.41) is 10.8. The minimum atomic E-state index is -2.99. The molecular weight excluding hydrogens is 371 g/mol. The van der Waals surface area contributed by atoms with Crippen molar-refractivity contribution in [1.29, 1.82) is 0 Å². The van der Waals surface area contributed by atoms with E-state index in [2.05, 4.69) is 15.5 Å². The zero-order valence-corrected chi connectivity index (χ0v) is 15.7. The summed E-state index contributed by atoms with van der Waals surface area (Å²) < 4.78 is 36.3. The van der Waals surface area contributed by atoms with Crippen molar-refractivity contribution in [2.75, 3.05) is 28.3 Å². The number of halogens is 1. The molecule has 1 amide bonds. The maximum absolute atomic E-state index is 12.9. The number of amides is 1. The van der Waals surface area contributed by atoms with Gasteiger partial charge in [-0.2, -0.15) is 0 Å². The van der Waals surface area contributed by atoms with Crippen LogP contribution in [-0.2, 0) is 21.1 Å². The van der Waals surface area contributed by atoms with Crippen LogP contribution in [0.25, 0.3) is 0 Å². The molecule has 0 radical (unpaired) electrons. The molecule has 1 unspecified atom stereocenters. The molecule has 1 aliphatic heterocycles. The fraction of sp³-hybridized carbons (Fsp3) is 0.389. The minimum Gasteiger partial charge on any atom is -0.351 e. The zero-order valence-electron chi connectivity index (χ0n) is 14.9. The summed E-state index contributed by atoms with van der Waals surface area (Å²) in [4.78, 5) is 14.0. The Kier molecular flexibility index (Phi) is 5.69. The van der Waals surface area contributed by atoms with Gasteiger partial charge in [0.2, 0.25) is 5.91 Å². The van der Waals surface area contributed by atoms with Crippen molar-refractivity contribution >= 4 is 27.4 Å². The fourth-order valence-corrected chi connectivity index (χ4v) is 4.88. The molecule has 2 heterocycles. The van der Waals surface area contributed by atoms with Crippen molar-refractivity contribution in [1.82, 2.24) is 10.2 Å². The fourth-order valence-electron chi connectivity index (χ4n) is 3.15. The van der Waals surface area contributed by atoms with Crippen LogP contribution in [0.2, 0.25) is 0 Å². The first-order valence-electron chi connectivity index (χ1n) is 8.71. The number of aromatic nitrogens is 2. The van der Waals surface area contributed by atoms with E-state index in [9.17, 15) is 17.6 Å².